The van der Waals surface area contributed by atoms with Gasteiger partial charge in [-0.1, -0.05) is 6.92 Å². The summed E-state index contributed by atoms with van der Waals surface area (Å²) < 4.78 is 0. The Morgan fingerprint density at radius 1 is 1.31 bits per heavy atom. The van der Waals surface area contributed by atoms with Crippen molar-refractivity contribution in [2.75, 3.05) is 0 Å². The molecule has 1 heterocycles. The van der Waals surface area contributed by atoms with E-state index in [9.17, 15) is 4.79 Å². The number of carbonyl (C=O) groups excluding carboxylic acids is 1. The average Bonchev–Trinajstić information content (AvgIpc) is 2.33. The van der Waals surface area contributed by atoms with E-state index in [1.807, 2.05) is 0 Å². The van der Waals surface area contributed by atoms with Crippen molar-refractivity contribution in [3.8, 4) is 0 Å². The summed E-state index contributed by atoms with van der Waals surface area (Å²) in [6.45, 7) is 2.25. The number of rotatable bonds is 2. The summed E-state index contributed by atoms with van der Waals surface area (Å²) in [5.41, 5.74) is 0. The molecule has 0 bridgehead atoms. The van der Waals surface area contributed by atoms with Crippen molar-refractivity contribution < 1.29 is 4.79 Å². The average molecular weight is 220 g/mol. The molecule has 86 valence electrons. The highest BCUT2D eigenvalue weighted by molar-refractivity contribution is 5.90. The van der Waals surface area contributed by atoms with Gasteiger partial charge in [-0.15, -0.1) is 5.10 Å². The number of hydrogen-bond donors (Lipinski definition) is 1. The fraction of sp³-hybridized carbons (Fsp3) is 0.636. The van der Waals surface area contributed by atoms with Crippen LogP contribution < -0.4 is 5.32 Å². The van der Waals surface area contributed by atoms with Crippen LogP contribution in [0.5, 0.6) is 0 Å². The molecule has 0 radical (unpaired) electrons. The Hall–Kier alpha value is -1.52. The predicted molar refractivity (Wildman–Crippen MR) is 58.7 cm³/mol. The number of hydrogen-bond acceptors (Lipinski definition) is 4. The highest BCUT2D eigenvalue weighted by Crippen LogP contribution is 2.23. The van der Waals surface area contributed by atoms with Gasteiger partial charge in [0.2, 0.25) is 5.82 Å². The van der Waals surface area contributed by atoms with Crippen LogP contribution in [0.2, 0.25) is 0 Å². The van der Waals surface area contributed by atoms with E-state index in [0.717, 1.165) is 18.8 Å². The van der Waals surface area contributed by atoms with Gasteiger partial charge >= 0.3 is 0 Å². The molecule has 5 heteroatoms. The lowest BCUT2D eigenvalue weighted by Gasteiger charge is -2.26. The van der Waals surface area contributed by atoms with E-state index in [2.05, 4.69) is 27.4 Å². The van der Waals surface area contributed by atoms with Gasteiger partial charge in [0.15, 0.2) is 0 Å². The smallest absolute Gasteiger partial charge is 0.291 e. The molecule has 2 rings (SSSR count). The second kappa shape index (κ2) is 5.01. The van der Waals surface area contributed by atoms with Gasteiger partial charge in [0.1, 0.15) is 0 Å². The lowest BCUT2D eigenvalue weighted by Crippen LogP contribution is -2.38. The Morgan fingerprint density at radius 3 is 2.69 bits per heavy atom. The van der Waals surface area contributed by atoms with Crippen LogP contribution in [0, 0.1) is 5.92 Å². The molecule has 1 amide bonds. The molecule has 0 saturated heterocycles. The molecule has 1 aliphatic rings. The van der Waals surface area contributed by atoms with Gasteiger partial charge < -0.3 is 5.32 Å². The Balaban J connectivity index is 1.88. The zero-order valence-corrected chi connectivity index (χ0v) is 9.39. The monoisotopic (exact) mass is 220 g/mol. The van der Waals surface area contributed by atoms with E-state index in [0.29, 0.717) is 0 Å². The zero-order valence-electron chi connectivity index (χ0n) is 9.39. The van der Waals surface area contributed by atoms with E-state index in [-0.39, 0.29) is 17.8 Å². The first kappa shape index (κ1) is 11.0. The molecule has 1 fully saturated rings. The highest BCUT2D eigenvalue weighted by Gasteiger charge is 2.21. The van der Waals surface area contributed by atoms with E-state index < -0.39 is 0 Å². The molecule has 0 aromatic carbocycles. The molecule has 1 aromatic heterocycles. The van der Waals surface area contributed by atoms with Crippen LogP contribution in [-0.4, -0.2) is 27.1 Å². The lowest BCUT2D eigenvalue weighted by atomic mass is 9.87. The molecule has 0 spiro atoms. The van der Waals surface area contributed by atoms with Crippen molar-refractivity contribution in [2.45, 2.75) is 38.6 Å². The Morgan fingerprint density at radius 2 is 2.06 bits per heavy atom. The Bertz CT molecular complexity index is 346. The topological polar surface area (TPSA) is 67.8 Å². The van der Waals surface area contributed by atoms with Gasteiger partial charge in [0, 0.05) is 12.2 Å². The van der Waals surface area contributed by atoms with Crippen LogP contribution in [0.15, 0.2) is 12.4 Å². The standard InChI is InChI=1S/C11H16N4O/c1-8-2-4-9(5-3-8)14-11(16)10-12-6-7-13-15-10/h6-9H,2-5H2,1H3,(H,14,16). The Kier molecular flexibility index (Phi) is 3.44. The van der Waals surface area contributed by atoms with Crippen LogP contribution in [0.25, 0.3) is 0 Å². The molecule has 1 aliphatic carbocycles. The lowest BCUT2D eigenvalue weighted by molar-refractivity contribution is 0.0911. The third-order valence-electron chi connectivity index (χ3n) is 3.04. The SMILES string of the molecule is CC1CCC(NC(=O)c2nccnn2)CC1. The molecule has 0 unspecified atom stereocenters. The first-order valence-electron chi connectivity index (χ1n) is 5.70. The zero-order chi connectivity index (χ0) is 11.4. The van der Waals surface area contributed by atoms with E-state index in [1.165, 1.54) is 25.2 Å². The van der Waals surface area contributed by atoms with Gasteiger partial charge in [0.05, 0.1) is 6.20 Å². The first-order chi connectivity index (χ1) is 7.75. The molecule has 1 N–H and O–H groups in total. The van der Waals surface area contributed by atoms with Crippen molar-refractivity contribution in [1.29, 1.82) is 0 Å². The minimum absolute atomic E-state index is 0.154. The summed E-state index contributed by atoms with van der Waals surface area (Å²) in [5, 5.41) is 10.3. The van der Waals surface area contributed by atoms with Crippen molar-refractivity contribution in [3.63, 3.8) is 0 Å². The number of nitrogens with zero attached hydrogens (tertiary/aromatic N) is 3. The van der Waals surface area contributed by atoms with Gasteiger partial charge in [-0.05, 0) is 31.6 Å². The fourth-order valence-electron chi connectivity index (χ4n) is 2.01. The van der Waals surface area contributed by atoms with Crippen LogP contribution in [0.3, 0.4) is 0 Å². The number of carbonyl (C=O) groups is 1. The number of nitrogens with one attached hydrogen (secondary N) is 1. The molecule has 0 aliphatic heterocycles. The van der Waals surface area contributed by atoms with Crippen LogP contribution in [0.4, 0.5) is 0 Å². The van der Waals surface area contributed by atoms with Gasteiger partial charge in [-0.2, -0.15) is 5.10 Å². The minimum atomic E-state index is -0.215. The highest BCUT2D eigenvalue weighted by atomic mass is 16.2. The molecule has 1 saturated carbocycles. The second-order valence-electron chi connectivity index (χ2n) is 4.40. The summed E-state index contributed by atoms with van der Waals surface area (Å²) in [7, 11) is 0. The quantitative estimate of drug-likeness (QED) is 0.812. The normalized spacial score (nSPS) is 25.1. The van der Waals surface area contributed by atoms with Crippen molar-refractivity contribution in [2.24, 2.45) is 5.92 Å². The van der Waals surface area contributed by atoms with Gasteiger partial charge in [0.25, 0.3) is 5.91 Å². The third kappa shape index (κ3) is 2.74. The summed E-state index contributed by atoms with van der Waals surface area (Å²) in [6.07, 6.45) is 7.39. The summed E-state index contributed by atoms with van der Waals surface area (Å²) in [5.74, 6) is 0.719. The number of aromatic nitrogens is 3. The Labute approximate surface area is 94.7 Å². The summed E-state index contributed by atoms with van der Waals surface area (Å²) in [6, 6.07) is 0.271. The van der Waals surface area contributed by atoms with E-state index in [1.54, 1.807) is 0 Å². The molecular formula is C11H16N4O. The molecular weight excluding hydrogens is 204 g/mol. The maximum Gasteiger partial charge on any atom is 0.291 e. The van der Waals surface area contributed by atoms with Gasteiger partial charge in [-0.25, -0.2) is 4.98 Å². The van der Waals surface area contributed by atoms with Gasteiger partial charge in [-0.3, -0.25) is 4.79 Å². The van der Waals surface area contributed by atoms with E-state index >= 15 is 0 Å². The maximum atomic E-state index is 11.7. The predicted octanol–water partition coefficient (Wildman–Crippen LogP) is 1.18. The summed E-state index contributed by atoms with van der Waals surface area (Å²) >= 11 is 0. The first-order valence-corrected chi connectivity index (χ1v) is 5.70. The molecule has 0 atom stereocenters. The minimum Gasteiger partial charge on any atom is -0.347 e. The van der Waals surface area contributed by atoms with Crippen molar-refractivity contribution in [3.05, 3.63) is 18.2 Å². The van der Waals surface area contributed by atoms with Crippen LogP contribution >= 0.6 is 0 Å². The van der Waals surface area contributed by atoms with Crippen molar-refractivity contribution in [1.82, 2.24) is 20.5 Å². The van der Waals surface area contributed by atoms with E-state index in [4.69, 9.17) is 0 Å². The third-order valence-corrected chi connectivity index (χ3v) is 3.04. The number of amides is 1. The van der Waals surface area contributed by atoms with Crippen LogP contribution in [-0.2, 0) is 0 Å². The van der Waals surface area contributed by atoms with Crippen molar-refractivity contribution >= 4 is 5.91 Å². The van der Waals surface area contributed by atoms with Crippen LogP contribution in [0.1, 0.15) is 43.2 Å². The summed E-state index contributed by atoms with van der Waals surface area (Å²) in [4.78, 5) is 15.6. The fourth-order valence-corrected chi connectivity index (χ4v) is 2.01. The molecule has 1 aromatic rings. The maximum absolute atomic E-state index is 11.7. The second-order valence-corrected chi connectivity index (χ2v) is 4.40. The largest absolute Gasteiger partial charge is 0.347 e. The molecule has 5 nitrogen and oxygen atoms in total. The molecule has 16 heavy (non-hydrogen) atoms.